The van der Waals surface area contributed by atoms with Crippen molar-refractivity contribution in [3.8, 4) is 0 Å². The molecule has 0 aromatic rings. The van der Waals surface area contributed by atoms with Crippen LogP contribution in [0, 0.1) is 0 Å². The first-order valence-electron chi connectivity index (χ1n) is 7.78. The molecule has 17 heteroatoms. The first-order valence-corrected chi connectivity index (χ1v) is 9.71. The van der Waals surface area contributed by atoms with Crippen LogP contribution in [0.15, 0.2) is 0 Å². The summed E-state index contributed by atoms with van der Waals surface area (Å²) in [6, 6.07) is 0. The Bertz CT molecular complexity index is 560. The molecule has 0 saturated heterocycles. The first-order chi connectivity index (χ1) is 13.7. The van der Waals surface area contributed by atoms with Crippen molar-refractivity contribution in [2.24, 2.45) is 0 Å². The second-order valence-electron chi connectivity index (χ2n) is 4.70. The highest BCUT2D eigenvalue weighted by Gasteiger charge is 2.08. The van der Waals surface area contributed by atoms with Gasteiger partial charge in [0.1, 0.15) is 0 Å². The van der Waals surface area contributed by atoms with E-state index in [1.165, 1.54) is 13.8 Å². The van der Waals surface area contributed by atoms with Gasteiger partial charge < -0.3 is 45.5 Å². The molecule has 15 nitrogen and oxygen atoms in total. The van der Waals surface area contributed by atoms with Crippen LogP contribution in [-0.4, -0.2) is 62.2 Å². The van der Waals surface area contributed by atoms with Gasteiger partial charge in [-0.05, 0) is 0 Å². The number of carbonyl (C=O) groups excluding carboxylic acids is 6. The van der Waals surface area contributed by atoms with E-state index in [1.807, 2.05) is 0 Å². The topological polar surface area (TPSA) is 202 Å². The van der Waals surface area contributed by atoms with Gasteiger partial charge in [0.25, 0.3) is 9.03 Å². The fourth-order valence-electron chi connectivity index (χ4n) is 1.13. The van der Waals surface area contributed by atoms with Crippen LogP contribution in [0.25, 0.3) is 0 Å². The van der Waals surface area contributed by atoms with E-state index in [2.05, 4.69) is 40.9 Å². The Labute approximate surface area is 191 Å². The van der Waals surface area contributed by atoms with Crippen LogP contribution in [0.5, 0.6) is 0 Å². The molecule has 0 rings (SSSR count). The number of rotatable bonds is 11. The van der Waals surface area contributed by atoms with Crippen LogP contribution < -0.4 is 31.9 Å². The summed E-state index contributed by atoms with van der Waals surface area (Å²) >= 11 is 0. The van der Waals surface area contributed by atoms with E-state index >= 15 is 0 Å². The van der Waals surface area contributed by atoms with Crippen LogP contribution in [0.2, 0.25) is 0 Å². The summed E-state index contributed by atoms with van der Waals surface area (Å²) in [7, 11) is -1.41. The normalized spacial score (nSPS) is 9.19. The minimum Gasteiger partial charge on any atom is -0.432 e. The third kappa shape index (κ3) is 25.1. The van der Waals surface area contributed by atoms with Gasteiger partial charge in [0.15, 0.2) is 0 Å². The van der Waals surface area contributed by atoms with Gasteiger partial charge in [-0.15, -0.1) is 0 Å². The van der Waals surface area contributed by atoms with Gasteiger partial charge in [0, 0.05) is 13.8 Å². The summed E-state index contributed by atoms with van der Waals surface area (Å²) in [5.41, 5.74) is 0. The quantitative estimate of drug-likeness (QED) is 0.170. The molecule has 0 spiro atoms. The molecule has 0 fully saturated rings. The van der Waals surface area contributed by atoms with Crippen LogP contribution in [0.4, 0.5) is 14.4 Å². The van der Waals surface area contributed by atoms with Gasteiger partial charge in [-0.1, -0.05) is 22.3 Å². The van der Waals surface area contributed by atoms with E-state index in [0.29, 0.717) is 0 Å². The zero-order valence-electron chi connectivity index (χ0n) is 15.5. The van der Waals surface area contributed by atoms with Crippen molar-refractivity contribution in [3.05, 3.63) is 0 Å². The molecule has 188 valence electrons. The molecule has 32 heavy (non-hydrogen) atoms. The minimum atomic E-state index is -0.950. The number of carbonyl (C=O) groups is 6. The van der Waals surface area contributed by atoms with Crippen molar-refractivity contribution in [2.75, 3.05) is 26.2 Å². The average Bonchev–Trinajstić information content (AvgIpc) is 2.61. The van der Waals surface area contributed by atoms with Crippen molar-refractivity contribution in [1.29, 1.82) is 0 Å². The van der Waals surface area contributed by atoms with Gasteiger partial charge in [-0.25, -0.2) is 14.4 Å². The van der Waals surface area contributed by atoms with Gasteiger partial charge in [0.05, 0.1) is 35.0 Å². The summed E-state index contributed by atoms with van der Waals surface area (Å²) in [5, 5.41) is 13.5. The Morgan fingerprint density at radius 1 is 0.594 bits per heavy atom. The van der Waals surface area contributed by atoms with E-state index in [0.717, 1.165) is 0 Å². The highest BCUT2D eigenvalue weighted by atomic mass is 31.1. The highest BCUT2D eigenvalue weighted by Crippen LogP contribution is 2.13. The summed E-state index contributed by atoms with van der Waals surface area (Å²) < 4.78 is 13.8. The maximum absolute atomic E-state index is 11.5. The largest absolute Gasteiger partial charge is 0.432 e. The smallest absolute Gasteiger partial charge is 0.413 e. The number of hydrogen-bond acceptors (Lipinski definition) is 9. The second kappa shape index (κ2) is 22.8. The summed E-state index contributed by atoms with van der Waals surface area (Å²) in [6.45, 7) is 2.04. The molecule has 0 aromatic heterocycles. The molecule has 2 atom stereocenters. The van der Waals surface area contributed by atoms with Crippen LogP contribution in [0.1, 0.15) is 36.1 Å². The molecule has 2 unspecified atom stereocenters. The van der Waals surface area contributed by atoms with Crippen molar-refractivity contribution >= 4 is 53.8 Å². The summed E-state index contributed by atoms with van der Waals surface area (Å²) in [4.78, 5) is 66.3. The maximum atomic E-state index is 11.5. The fourth-order valence-corrected chi connectivity index (χ4v) is 2.00. The van der Waals surface area contributed by atoms with Gasteiger partial charge in [-0.2, -0.15) is 0 Å². The molecule has 0 aliphatic rings. The van der Waals surface area contributed by atoms with Crippen molar-refractivity contribution < 1.29 is 42.3 Å². The lowest BCUT2D eigenvalue weighted by molar-refractivity contribution is -0.119. The molecular formula is C15H34N6O9P2. The van der Waals surface area contributed by atoms with E-state index in [9.17, 15) is 28.8 Å². The Hall–Kier alpha value is -2.92. The maximum Gasteiger partial charge on any atom is 0.413 e. The third-order valence-corrected chi connectivity index (χ3v) is 3.66. The zero-order valence-corrected chi connectivity index (χ0v) is 17.5. The van der Waals surface area contributed by atoms with E-state index in [1.54, 1.807) is 0 Å². The van der Waals surface area contributed by atoms with Crippen molar-refractivity contribution in [3.63, 3.8) is 0 Å². The predicted molar refractivity (Wildman–Crippen MR) is 121 cm³/mol. The molecule has 0 saturated carbocycles. The van der Waals surface area contributed by atoms with E-state index in [-0.39, 0.29) is 60.3 Å². The third-order valence-electron chi connectivity index (χ3n) is 2.32. The molecule has 0 heterocycles. The highest BCUT2D eigenvalue weighted by molar-refractivity contribution is 7.34. The molecule has 0 radical (unpaired) electrons. The summed E-state index contributed by atoms with van der Waals surface area (Å²) in [5.74, 6) is -1.17. The zero-order chi connectivity index (χ0) is 22.1. The number of amides is 6. The van der Waals surface area contributed by atoms with Gasteiger partial charge >= 0.3 is 18.3 Å². The SMILES string of the molecule is C.C.C.CC(=O)NCNC(=O)OPCC(=O)NCNC(=O)OPOC(=O)NCNC(C)=O. The molecule has 0 aromatic carbocycles. The Morgan fingerprint density at radius 3 is 1.38 bits per heavy atom. The Balaban J connectivity index is -0.00000131. The van der Waals surface area contributed by atoms with Crippen molar-refractivity contribution in [1.82, 2.24) is 31.9 Å². The molecule has 0 aliphatic heterocycles. The lowest BCUT2D eigenvalue weighted by atomic mass is 10.7. The predicted octanol–water partition coefficient (Wildman–Crippen LogP) is 0.436. The number of hydrogen-bond donors (Lipinski definition) is 6. The van der Waals surface area contributed by atoms with E-state index in [4.69, 9.17) is 4.52 Å². The van der Waals surface area contributed by atoms with Crippen molar-refractivity contribution in [2.45, 2.75) is 36.1 Å². The van der Waals surface area contributed by atoms with Gasteiger partial charge in [-0.3, -0.25) is 14.4 Å². The molecule has 0 aliphatic carbocycles. The first kappa shape index (κ1) is 36.5. The standard InChI is InChI=1S/C12H22N6O9P2.3CH4/c1-7(19)13-4-16-10(22)25-28-3-9(21)15-6-18-12(24)27-29-26-11(23)17-5-14-8(2)20;;;/h28-29H,3-6H2,1-2H3,(H,13,19)(H,14,20)(H,15,21)(H,16,22)(H,17,23)(H,18,24);3*1H4. The molecule has 0 bridgehead atoms. The molecule has 6 N–H and O–H groups in total. The lowest BCUT2D eigenvalue weighted by Gasteiger charge is -2.09. The molecule has 6 amide bonds. The van der Waals surface area contributed by atoms with Crippen LogP contribution >= 0.6 is 17.8 Å². The summed E-state index contributed by atoms with van der Waals surface area (Å²) in [6.07, 6.45) is -2.79. The minimum absolute atomic E-state index is 0. The van der Waals surface area contributed by atoms with Crippen LogP contribution in [0.3, 0.4) is 0 Å². The molecular weight excluding hydrogens is 470 g/mol. The monoisotopic (exact) mass is 504 g/mol. The fraction of sp³-hybridized carbons (Fsp3) is 0.600. The van der Waals surface area contributed by atoms with Crippen LogP contribution in [-0.2, 0) is 28.0 Å². The average molecular weight is 504 g/mol. The Morgan fingerprint density at radius 2 is 0.969 bits per heavy atom. The Kier molecular flexibility index (Phi) is 25.9. The van der Waals surface area contributed by atoms with E-state index < -0.39 is 42.0 Å². The number of nitrogens with one attached hydrogen (secondary N) is 6. The van der Waals surface area contributed by atoms with Gasteiger partial charge in [0.2, 0.25) is 17.7 Å². The lowest BCUT2D eigenvalue weighted by Crippen LogP contribution is -2.38. The second-order valence-corrected chi connectivity index (χ2v) is 6.12.